The second kappa shape index (κ2) is 8.68. The highest BCUT2D eigenvalue weighted by Crippen LogP contribution is 2.29. The summed E-state index contributed by atoms with van der Waals surface area (Å²) in [6.07, 6.45) is -3.10. The molecule has 8 heteroatoms. The van der Waals surface area contributed by atoms with Crippen LogP contribution in [0.3, 0.4) is 0 Å². The number of rotatable bonds is 6. The molecule has 0 radical (unpaired) electrons. The summed E-state index contributed by atoms with van der Waals surface area (Å²) in [5, 5.41) is 7.75. The van der Waals surface area contributed by atoms with Crippen LogP contribution < -0.4 is 10.6 Å². The van der Waals surface area contributed by atoms with Gasteiger partial charge < -0.3 is 10.6 Å². The van der Waals surface area contributed by atoms with E-state index < -0.39 is 11.9 Å². The van der Waals surface area contributed by atoms with Crippen molar-refractivity contribution in [3.05, 3.63) is 52.0 Å². The van der Waals surface area contributed by atoms with Crippen molar-refractivity contribution >= 4 is 17.3 Å². The molecule has 0 aliphatic carbocycles. The molecule has 0 fully saturated rings. The molecular weight excluding hydrogens is 337 g/mol. The van der Waals surface area contributed by atoms with E-state index in [-0.39, 0.29) is 0 Å². The molecule has 0 unspecified atom stereocenters. The Bertz CT molecular complexity index is 653. The van der Waals surface area contributed by atoms with Crippen LogP contribution in [0, 0.1) is 0 Å². The zero-order valence-electron chi connectivity index (χ0n) is 13.2. The lowest BCUT2D eigenvalue weighted by Gasteiger charge is -2.11. The van der Waals surface area contributed by atoms with Crippen LogP contribution in [-0.2, 0) is 19.0 Å². The van der Waals surface area contributed by atoms with E-state index >= 15 is 0 Å². The third kappa shape index (κ3) is 5.84. The maximum atomic E-state index is 12.5. The van der Waals surface area contributed by atoms with Crippen molar-refractivity contribution in [2.75, 3.05) is 20.1 Å². The normalized spacial score (nSPS) is 12.2. The number of benzene rings is 1. The average molecular weight is 356 g/mol. The van der Waals surface area contributed by atoms with Crippen molar-refractivity contribution in [3.8, 4) is 0 Å². The molecular formula is C16H19F3N4S. The minimum atomic E-state index is -4.38. The van der Waals surface area contributed by atoms with Crippen LogP contribution in [0.1, 0.15) is 16.3 Å². The number of thiazole rings is 1. The Balaban J connectivity index is 1.71. The molecule has 0 bridgehead atoms. The Kier molecular flexibility index (Phi) is 6.60. The predicted molar refractivity (Wildman–Crippen MR) is 90.3 cm³/mol. The molecule has 1 aromatic carbocycles. The molecule has 0 atom stereocenters. The molecule has 0 amide bonds. The maximum absolute atomic E-state index is 12.5. The zero-order valence-corrected chi connectivity index (χ0v) is 14.0. The number of hydrogen-bond donors (Lipinski definition) is 2. The van der Waals surface area contributed by atoms with Crippen LogP contribution in [0.15, 0.2) is 40.7 Å². The number of aromatic nitrogens is 1. The highest BCUT2D eigenvalue weighted by molar-refractivity contribution is 7.09. The first-order valence-electron chi connectivity index (χ1n) is 7.49. The molecule has 4 nitrogen and oxygen atoms in total. The van der Waals surface area contributed by atoms with Gasteiger partial charge in [0, 0.05) is 31.9 Å². The van der Waals surface area contributed by atoms with Gasteiger partial charge in [0.2, 0.25) is 0 Å². The lowest BCUT2D eigenvalue weighted by molar-refractivity contribution is -0.140. The fraction of sp³-hybridized carbons (Fsp3) is 0.375. The highest BCUT2D eigenvalue weighted by Gasteiger charge is 2.33. The van der Waals surface area contributed by atoms with Crippen LogP contribution in [-0.4, -0.2) is 31.1 Å². The van der Waals surface area contributed by atoms with Crippen LogP contribution in [0.5, 0.6) is 0 Å². The standard InChI is InChI=1S/C16H19F3N4S/c1-20-15(21-9-7-12-5-3-2-4-6-12)22-10-8-14-23-13(11-24-14)16(17,18)19/h2-6,11H,7-10H2,1H3,(H2,20,21,22). The predicted octanol–water partition coefficient (Wildman–Crippen LogP) is 3.11. The first kappa shape index (κ1) is 18.3. The number of aliphatic imine (C=N–C) groups is 1. The monoisotopic (exact) mass is 356 g/mol. The Morgan fingerprint density at radius 2 is 1.79 bits per heavy atom. The summed E-state index contributed by atoms with van der Waals surface area (Å²) in [6.45, 7) is 1.19. The topological polar surface area (TPSA) is 49.3 Å². The summed E-state index contributed by atoms with van der Waals surface area (Å²) < 4.78 is 37.5. The van der Waals surface area contributed by atoms with E-state index in [0.717, 1.165) is 29.7 Å². The number of hydrogen-bond acceptors (Lipinski definition) is 3. The van der Waals surface area contributed by atoms with Crippen molar-refractivity contribution in [1.29, 1.82) is 0 Å². The Morgan fingerprint density at radius 1 is 1.12 bits per heavy atom. The van der Waals surface area contributed by atoms with E-state index in [9.17, 15) is 13.2 Å². The van der Waals surface area contributed by atoms with Gasteiger partial charge in [-0.15, -0.1) is 11.3 Å². The van der Waals surface area contributed by atoms with Gasteiger partial charge in [-0.2, -0.15) is 13.2 Å². The van der Waals surface area contributed by atoms with Gasteiger partial charge in [0.1, 0.15) is 0 Å². The Hall–Kier alpha value is -2.09. The van der Waals surface area contributed by atoms with E-state index in [0.29, 0.717) is 23.9 Å². The molecule has 0 saturated heterocycles. The minimum Gasteiger partial charge on any atom is -0.356 e. The molecule has 2 rings (SSSR count). The third-order valence-corrected chi connectivity index (χ3v) is 4.15. The number of guanidine groups is 1. The summed E-state index contributed by atoms with van der Waals surface area (Å²) in [5.74, 6) is 0.624. The number of halogens is 3. The van der Waals surface area contributed by atoms with E-state index in [2.05, 4.69) is 32.7 Å². The second-order valence-corrected chi connectivity index (χ2v) is 5.98. The fourth-order valence-electron chi connectivity index (χ4n) is 2.03. The van der Waals surface area contributed by atoms with Crippen molar-refractivity contribution in [1.82, 2.24) is 15.6 Å². The number of alkyl halides is 3. The lowest BCUT2D eigenvalue weighted by atomic mass is 10.1. The molecule has 2 N–H and O–H groups in total. The van der Waals surface area contributed by atoms with Gasteiger partial charge in [-0.1, -0.05) is 30.3 Å². The van der Waals surface area contributed by atoms with Crippen LogP contribution >= 0.6 is 11.3 Å². The summed E-state index contributed by atoms with van der Waals surface area (Å²) in [6, 6.07) is 10.1. The highest BCUT2D eigenvalue weighted by atomic mass is 32.1. The molecule has 130 valence electrons. The zero-order chi connectivity index (χ0) is 17.4. The summed E-state index contributed by atoms with van der Waals surface area (Å²) >= 11 is 1.02. The molecule has 0 aliphatic rings. The summed E-state index contributed by atoms with van der Waals surface area (Å²) in [4.78, 5) is 7.69. The van der Waals surface area contributed by atoms with E-state index in [4.69, 9.17) is 0 Å². The second-order valence-electron chi connectivity index (χ2n) is 5.04. The Morgan fingerprint density at radius 3 is 2.38 bits per heavy atom. The molecule has 2 aromatic rings. The average Bonchev–Trinajstić information content (AvgIpc) is 3.03. The molecule has 1 heterocycles. The maximum Gasteiger partial charge on any atom is 0.434 e. The van der Waals surface area contributed by atoms with Crippen molar-refractivity contribution < 1.29 is 13.2 Å². The molecule has 24 heavy (non-hydrogen) atoms. The lowest BCUT2D eigenvalue weighted by Crippen LogP contribution is -2.39. The molecule has 0 aliphatic heterocycles. The van der Waals surface area contributed by atoms with Gasteiger partial charge >= 0.3 is 6.18 Å². The molecule has 0 saturated carbocycles. The van der Waals surface area contributed by atoms with Crippen LogP contribution in [0.25, 0.3) is 0 Å². The van der Waals surface area contributed by atoms with E-state index in [1.54, 1.807) is 7.05 Å². The largest absolute Gasteiger partial charge is 0.434 e. The minimum absolute atomic E-state index is 0.417. The summed E-state index contributed by atoms with van der Waals surface area (Å²) in [5.41, 5.74) is 0.399. The van der Waals surface area contributed by atoms with Crippen LogP contribution in [0.4, 0.5) is 13.2 Å². The van der Waals surface area contributed by atoms with Gasteiger partial charge in [-0.05, 0) is 12.0 Å². The number of nitrogens with zero attached hydrogens (tertiary/aromatic N) is 2. The van der Waals surface area contributed by atoms with Crippen molar-refractivity contribution in [3.63, 3.8) is 0 Å². The van der Waals surface area contributed by atoms with Gasteiger partial charge in [0.25, 0.3) is 0 Å². The quantitative estimate of drug-likeness (QED) is 0.618. The van der Waals surface area contributed by atoms with Crippen molar-refractivity contribution in [2.45, 2.75) is 19.0 Å². The first-order valence-corrected chi connectivity index (χ1v) is 8.37. The fourth-order valence-corrected chi connectivity index (χ4v) is 2.84. The van der Waals surface area contributed by atoms with Gasteiger partial charge in [0.05, 0.1) is 5.01 Å². The van der Waals surface area contributed by atoms with E-state index in [1.165, 1.54) is 5.56 Å². The van der Waals surface area contributed by atoms with Gasteiger partial charge in [-0.25, -0.2) is 4.98 Å². The van der Waals surface area contributed by atoms with Crippen molar-refractivity contribution in [2.24, 2.45) is 4.99 Å². The summed E-state index contributed by atoms with van der Waals surface area (Å²) in [7, 11) is 1.66. The number of nitrogens with one attached hydrogen (secondary N) is 2. The Labute approximate surface area is 142 Å². The third-order valence-electron chi connectivity index (χ3n) is 3.25. The van der Waals surface area contributed by atoms with Gasteiger partial charge in [0.15, 0.2) is 11.7 Å². The SMILES string of the molecule is CN=C(NCCc1ccccc1)NCCc1nc(C(F)(F)F)cs1. The van der Waals surface area contributed by atoms with E-state index in [1.807, 2.05) is 18.2 Å². The first-order chi connectivity index (χ1) is 11.5. The van der Waals surface area contributed by atoms with Gasteiger partial charge in [-0.3, -0.25) is 4.99 Å². The van der Waals surface area contributed by atoms with Crippen LogP contribution in [0.2, 0.25) is 0 Å². The smallest absolute Gasteiger partial charge is 0.356 e. The molecule has 0 spiro atoms. The molecule has 1 aromatic heterocycles.